The Morgan fingerprint density at radius 1 is 0.444 bits per heavy atom. The van der Waals surface area contributed by atoms with Gasteiger partial charge in [-0.2, -0.15) is 0 Å². The van der Waals surface area contributed by atoms with Crippen LogP contribution in [-0.2, 0) is 5.41 Å². The second-order valence-corrected chi connectivity index (χ2v) is 15.5. The highest BCUT2D eigenvalue weighted by Crippen LogP contribution is 2.68. The first-order valence-electron chi connectivity index (χ1n) is 18.6. The summed E-state index contributed by atoms with van der Waals surface area (Å²) in [6.07, 6.45) is 0. The summed E-state index contributed by atoms with van der Waals surface area (Å²) in [6, 6.07) is 71.7. The summed E-state index contributed by atoms with van der Waals surface area (Å²) in [7, 11) is 0. The molecule has 8 aromatic carbocycles. The van der Waals surface area contributed by atoms with E-state index in [1.165, 1.54) is 81.4 Å². The maximum atomic E-state index is 2.51. The third-order valence-electron chi connectivity index (χ3n) is 11.8. The Balaban J connectivity index is 1.19. The predicted molar refractivity (Wildman–Crippen MR) is 227 cm³/mol. The van der Waals surface area contributed by atoms with E-state index in [0.29, 0.717) is 0 Å². The highest BCUT2D eigenvalue weighted by molar-refractivity contribution is 7.20. The van der Waals surface area contributed by atoms with E-state index >= 15 is 0 Å². The number of aromatic nitrogens is 1. The maximum Gasteiger partial charge on any atom is 0.0839 e. The minimum atomic E-state index is -0.474. The molecule has 2 nitrogen and oxygen atoms in total. The number of fused-ring (bicyclic) bond motifs is 15. The fourth-order valence-electron chi connectivity index (χ4n) is 9.73. The molecule has 252 valence electrons. The van der Waals surface area contributed by atoms with Gasteiger partial charge >= 0.3 is 0 Å². The van der Waals surface area contributed by atoms with Gasteiger partial charge in [0.25, 0.3) is 0 Å². The van der Waals surface area contributed by atoms with Crippen molar-refractivity contribution in [2.24, 2.45) is 0 Å². The summed E-state index contributed by atoms with van der Waals surface area (Å²) in [6.45, 7) is 0. The number of rotatable bonds is 4. The smallest absolute Gasteiger partial charge is 0.0839 e. The molecule has 0 amide bonds. The molecule has 0 radical (unpaired) electrons. The van der Waals surface area contributed by atoms with E-state index in [4.69, 9.17) is 0 Å². The molecule has 0 bridgehead atoms. The van der Waals surface area contributed by atoms with Crippen molar-refractivity contribution in [3.63, 3.8) is 0 Å². The van der Waals surface area contributed by atoms with Gasteiger partial charge in [0, 0.05) is 53.9 Å². The lowest BCUT2D eigenvalue weighted by Crippen LogP contribution is -2.27. The summed E-state index contributed by atoms with van der Waals surface area (Å²) in [5, 5.41) is 3.81. The van der Waals surface area contributed by atoms with Crippen molar-refractivity contribution in [1.82, 2.24) is 4.57 Å². The van der Waals surface area contributed by atoms with Gasteiger partial charge in [0.1, 0.15) is 0 Å². The van der Waals surface area contributed by atoms with Gasteiger partial charge in [-0.05, 0) is 88.5 Å². The van der Waals surface area contributed by atoms with Crippen LogP contribution in [0.15, 0.2) is 194 Å². The lowest BCUT2D eigenvalue weighted by atomic mass is 9.73. The average Bonchev–Trinajstić information content (AvgIpc) is 3.95. The lowest BCUT2D eigenvalue weighted by Gasteiger charge is -2.35. The molecular weight excluding hydrogens is 673 g/mol. The van der Waals surface area contributed by atoms with Gasteiger partial charge in [-0.3, -0.25) is 0 Å². The third-order valence-corrected chi connectivity index (χ3v) is 13.0. The predicted octanol–water partition coefficient (Wildman–Crippen LogP) is 13.8. The minimum absolute atomic E-state index is 0.474. The molecule has 0 fully saturated rings. The Bertz CT molecular complexity index is 3120. The highest BCUT2D eigenvalue weighted by Gasteiger charge is 2.55. The fraction of sp³-hybridized carbons (Fsp3) is 0.0196. The molecular formula is C51H32N2S. The van der Waals surface area contributed by atoms with Crippen LogP contribution in [0.25, 0.3) is 59.8 Å². The summed E-state index contributed by atoms with van der Waals surface area (Å²) < 4.78 is 3.73. The van der Waals surface area contributed by atoms with E-state index in [1.54, 1.807) is 0 Å². The van der Waals surface area contributed by atoms with Gasteiger partial charge in [-0.1, -0.05) is 133 Å². The van der Waals surface area contributed by atoms with Crippen molar-refractivity contribution in [2.45, 2.75) is 5.41 Å². The summed E-state index contributed by atoms with van der Waals surface area (Å²) >= 11 is 1.96. The molecule has 2 aliphatic rings. The lowest BCUT2D eigenvalue weighted by molar-refractivity contribution is 0.810. The molecule has 54 heavy (non-hydrogen) atoms. The topological polar surface area (TPSA) is 8.17 Å². The van der Waals surface area contributed by atoms with Crippen LogP contribution < -0.4 is 4.90 Å². The zero-order valence-corrected chi connectivity index (χ0v) is 30.1. The van der Waals surface area contributed by atoms with E-state index in [2.05, 4.69) is 204 Å². The van der Waals surface area contributed by atoms with Crippen LogP contribution in [0.3, 0.4) is 0 Å². The molecule has 1 spiro atoms. The number of benzene rings is 8. The van der Waals surface area contributed by atoms with Crippen LogP contribution in [-0.4, -0.2) is 4.57 Å². The molecule has 3 heteroatoms. The largest absolute Gasteiger partial charge is 0.310 e. The van der Waals surface area contributed by atoms with E-state index in [1.807, 2.05) is 11.3 Å². The van der Waals surface area contributed by atoms with Gasteiger partial charge in [-0.15, -0.1) is 11.3 Å². The van der Waals surface area contributed by atoms with Gasteiger partial charge in [0.2, 0.25) is 0 Å². The molecule has 2 aliphatic carbocycles. The molecule has 0 saturated carbocycles. The average molecular weight is 705 g/mol. The fourth-order valence-corrected chi connectivity index (χ4v) is 11.2. The van der Waals surface area contributed by atoms with Gasteiger partial charge in [-0.25, -0.2) is 0 Å². The molecule has 0 N–H and O–H groups in total. The van der Waals surface area contributed by atoms with Crippen molar-refractivity contribution in [3.05, 3.63) is 216 Å². The zero-order valence-electron chi connectivity index (χ0n) is 29.3. The Hall–Kier alpha value is -6.68. The Kier molecular flexibility index (Phi) is 6.17. The Morgan fingerprint density at radius 2 is 1.07 bits per heavy atom. The van der Waals surface area contributed by atoms with E-state index in [0.717, 1.165) is 17.1 Å². The van der Waals surface area contributed by atoms with Crippen LogP contribution in [0.5, 0.6) is 0 Å². The zero-order chi connectivity index (χ0) is 35.4. The van der Waals surface area contributed by atoms with Crippen molar-refractivity contribution in [3.8, 4) is 27.9 Å². The quantitative estimate of drug-likeness (QED) is 0.177. The number of thiophene rings is 1. The number of para-hydroxylation sites is 3. The van der Waals surface area contributed by atoms with Gasteiger partial charge < -0.3 is 9.47 Å². The molecule has 12 rings (SSSR count). The minimum Gasteiger partial charge on any atom is -0.310 e. The third kappa shape index (κ3) is 3.84. The number of hydrogen-bond acceptors (Lipinski definition) is 2. The van der Waals surface area contributed by atoms with Crippen LogP contribution in [0.1, 0.15) is 21.6 Å². The SMILES string of the molecule is c1ccc(N(c2ccc3c(c2)c2ccccc2n3-c2ccccc2)c2cccc3c2C2(c4ccccc4-3)c3ccccc3-c3c2sc2ccccc32)cc1. The molecule has 0 aliphatic heterocycles. The first-order chi connectivity index (χ1) is 26.8. The number of hydrogen-bond donors (Lipinski definition) is 0. The van der Waals surface area contributed by atoms with Gasteiger partial charge in [0.15, 0.2) is 0 Å². The molecule has 1 atom stereocenters. The first kappa shape index (κ1) is 29.9. The van der Waals surface area contributed by atoms with Gasteiger partial charge in [0.05, 0.1) is 22.1 Å². The molecule has 10 aromatic rings. The van der Waals surface area contributed by atoms with Crippen LogP contribution in [0, 0.1) is 0 Å². The van der Waals surface area contributed by atoms with Crippen molar-refractivity contribution < 1.29 is 0 Å². The van der Waals surface area contributed by atoms with E-state index in [9.17, 15) is 0 Å². The Morgan fingerprint density at radius 3 is 1.91 bits per heavy atom. The molecule has 0 saturated heterocycles. The summed E-state index contributed by atoms with van der Waals surface area (Å²) in [5.74, 6) is 0. The van der Waals surface area contributed by atoms with E-state index in [-0.39, 0.29) is 0 Å². The van der Waals surface area contributed by atoms with Crippen molar-refractivity contribution in [2.75, 3.05) is 4.90 Å². The van der Waals surface area contributed by atoms with Crippen LogP contribution in [0.2, 0.25) is 0 Å². The monoisotopic (exact) mass is 704 g/mol. The maximum absolute atomic E-state index is 2.51. The van der Waals surface area contributed by atoms with E-state index < -0.39 is 5.41 Å². The second kappa shape index (κ2) is 11.2. The molecule has 2 aromatic heterocycles. The first-order valence-corrected chi connectivity index (χ1v) is 19.4. The van der Waals surface area contributed by atoms with Crippen LogP contribution in [0.4, 0.5) is 17.1 Å². The van der Waals surface area contributed by atoms with Crippen molar-refractivity contribution >= 4 is 60.3 Å². The molecule has 1 unspecified atom stereocenters. The molecule has 2 heterocycles. The van der Waals surface area contributed by atoms with Crippen molar-refractivity contribution in [1.29, 1.82) is 0 Å². The highest BCUT2D eigenvalue weighted by atomic mass is 32.1. The number of anilines is 3. The summed E-state index contributed by atoms with van der Waals surface area (Å²) in [4.78, 5) is 3.92. The normalized spacial score (nSPS) is 15.1. The number of nitrogens with zero attached hydrogens (tertiary/aromatic N) is 2. The standard InChI is InChI=1S/C51H32N2S/c1-3-16-33(17-4-1)52(35-30-31-45-41(32-35)37-21-9-13-27-44(37)53(45)34-18-5-2-6-19-34)46-28-15-24-38-36-20-7-11-25-42(36)51(49(38)46)43-26-12-8-22-39(43)48-40-23-10-14-29-47(40)54-50(48)51/h1-32H. The summed E-state index contributed by atoms with van der Waals surface area (Å²) in [5.41, 5.74) is 15.9. The Labute approximate surface area is 317 Å². The second-order valence-electron chi connectivity index (χ2n) is 14.4. The van der Waals surface area contributed by atoms with Crippen LogP contribution >= 0.6 is 11.3 Å².